The summed E-state index contributed by atoms with van der Waals surface area (Å²) in [4.78, 5) is 0. The van der Waals surface area contributed by atoms with Crippen LogP contribution in [0.15, 0.2) is 60.7 Å². The SMILES string of the molecule is CC[Si](C#CC1=c2cc3c(cc2C=Cc2ccccc21)=C(C#C[Si](CC)(CC)CC)c1ccccc1C=C3)(CC)CC. The van der Waals surface area contributed by atoms with Crippen molar-refractivity contribution in [2.24, 2.45) is 0 Å². The molecule has 212 valence electrons. The van der Waals surface area contributed by atoms with Crippen molar-refractivity contribution in [2.75, 3.05) is 0 Å². The van der Waals surface area contributed by atoms with Gasteiger partial charge in [-0.3, -0.25) is 0 Å². The summed E-state index contributed by atoms with van der Waals surface area (Å²) in [7, 11) is -3.25. The van der Waals surface area contributed by atoms with Crippen molar-refractivity contribution in [2.45, 2.75) is 77.8 Å². The first-order valence-corrected chi connectivity index (χ1v) is 21.2. The summed E-state index contributed by atoms with van der Waals surface area (Å²) >= 11 is 0. The van der Waals surface area contributed by atoms with E-state index in [4.69, 9.17) is 0 Å². The van der Waals surface area contributed by atoms with Gasteiger partial charge in [0, 0.05) is 11.1 Å². The minimum absolute atomic E-state index is 1.16. The summed E-state index contributed by atoms with van der Waals surface area (Å²) in [6.45, 7) is 14.0. The number of rotatable bonds is 6. The monoisotopic (exact) mass is 580 g/mol. The van der Waals surface area contributed by atoms with Crippen molar-refractivity contribution in [1.82, 2.24) is 0 Å². The molecule has 0 saturated carbocycles. The Morgan fingerprint density at radius 1 is 0.452 bits per heavy atom. The lowest BCUT2D eigenvalue weighted by Gasteiger charge is -2.20. The summed E-state index contributed by atoms with van der Waals surface area (Å²) in [5, 5.41) is 2.46. The van der Waals surface area contributed by atoms with Gasteiger partial charge >= 0.3 is 0 Å². The molecule has 0 N–H and O–H groups in total. The molecule has 0 radical (unpaired) electrons. The molecule has 0 fully saturated rings. The van der Waals surface area contributed by atoms with E-state index < -0.39 is 16.1 Å². The van der Waals surface area contributed by atoms with E-state index in [9.17, 15) is 0 Å². The molecule has 2 heteroatoms. The Labute approximate surface area is 256 Å². The molecule has 0 aliphatic heterocycles. The second kappa shape index (κ2) is 12.7. The Hall–Kier alpha value is -3.57. The molecule has 0 heterocycles. The third kappa shape index (κ3) is 5.59. The maximum absolute atomic E-state index is 3.92. The summed E-state index contributed by atoms with van der Waals surface area (Å²) < 4.78 is 0. The predicted octanol–water partition coefficient (Wildman–Crippen LogP) is 9.15. The van der Waals surface area contributed by atoms with E-state index in [0.29, 0.717) is 0 Å². The van der Waals surface area contributed by atoms with Gasteiger partial charge in [0.15, 0.2) is 0 Å². The molecule has 42 heavy (non-hydrogen) atoms. The summed E-state index contributed by atoms with van der Waals surface area (Å²) in [6, 6.07) is 29.5. The second-order valence-electron chi connectivity index (χ2n) is 11.8. The first kappa shape index (κ1) is 29.9. The minimum atomic E-state index is -1.63. The molecule has 0 amide bonds. The van der Waals surface area contributed by atoms with E-state index in [-0.39, 0.29) is 0 Å². The molecule has 2 aliphatic rings. The Morgan fingerprint density at radius 2 is 0.786 bits per heavy atom. The molecule has 3 aromatic carbocycles. The van der Waals surface area contributed by atoms with E-state index in [1.165, 1.54) is 80.1 Å². The molecular weight excluding hydrogens is 537 g/mol. The predicted molar refractivity (Wildman–Crippen MR) is 191 cm³/mol. The fourth-order valence-corrected chi connectivity index (χ4v) is 11.3. The zero-order chi connectivity index (χ0) is 29.7. The summed E-state index contributed by atoms with van der Waals surface area (Å²) in [5.74, 6) is 7.64. The van der Waals surface area contributed by atoms with Crippen molar-refractivity contribution in [3.63, 3.8) is 0 Å². The summed E-state index contributed by atoms with van der Waals surface area (Å²) in [6.07, 6.45) is 9.13. The molecule has 0 nitrogen and oxygen atoms in total. The van der Waals surface area contributed by atoms with Crippen LogP contribution < -0.4 is 10.4 Å². The number of hydrogen-bond donors (Lipinski definition) is 0. The van der Waals surface area contributed by atoms with Crippen LogP contribution in [0.25, 0.3) is 35.5 Å². The highest BCUT2D eigenvalue weighted by atomic mass is 28.3. The van der Waals surface area contributed by atoms with E-state index in [2.05, 4.69) is 149 Å². The third-order valence-corrected chi connectivity index (χ3v) is 19.5. The molecule has 2 aliphatic carbocycles. The fraction of sp³-hybridized carbons (Fsp3) is 0.300. The molecule has 3 aromatic rings. The van der Waals surface area contributed by atoms with Crippen molar-refractivity contribution < 1.29 is 0 Å². The summed E-state index contributed by atoms with van der Waals surface area (Å²) in [5.41, 5.74) is 17.6. The van der Waals surface area contributed by atoms with E-state index in [1.54, 1.807) is 0 Å². The normalized spacial score (nSPS) is 13.4. The van der Waals surface area contributed by atoms with Gasteiger partial charge in [-0.1, -0.05) is 126 Å². The Balaban J connectivity index is 1.89. The minimum Gasteiger partial charge on any atom is -0.126 e. The van der Waals surface area contributed by atoms with Crippen molar-refractivity contribution in [1.29, 1.82) is 0 Å². The van der Waals surface area contributed by atoms with Crippen LogP contribution in [0.3, 0.4) is 0 Å². The molecule has 0 saturated heterocycles. The van der Waals surface area contributed by atoms with Gasteiger partial charge in [0.05, 0.1) is 0 Å². The zero-order valence-corrected chi connectivity index (χ0v) is 28.3. The average molecular weight is 581 g/mol. The molecule has 0 spiro atoms. The lowest BCUT2D eigenvalue weighted by molar-refractivity contribution is 1.20. The number of hydrogen-bond acceptors (Lipinski definition) is 0. The lowest BCUT2D eigenvalue weighted by atomic mass is 9.95. The molecule has 0 aromatic heterocycles. The van der Waals surface area contributed by atoms with Crippen LogP contribution in [-0.4, -0.2) is 16.1 Å². The van der Waals surface area contributed by atoms with Gasteiger partial charge in [0.2, 0.25) is 0 Å². The molecule has 0 atom stereocenters. The fourth-order valence-electron chi connectivity index (χ4n) is 6.42. The van der Waals surface area contributed by atoms with Gasteiger partial charge in [-0.25, -0.2) is 0 Å². The van der Waals surface area contributed by atoms with Gasteiger partial charge in [-0.15, -0.1) is 11.1 Å². The van der Waals surface area contributed by atoms with Crippen molar-refractivity contribution in [3.05, 3.63) is 104 Å². The van der Waals surface area contributed by atoms with Crippen molar-refractivity contribution >= 4 is 51.6 Å². The van der Waals surface area contributed by atoms with Gasteiger partial charge < -0.3 is 0 Å². The number of benzene rings is 3. The topological polar surface area (TPSA) is 0 Å². The largest absolute Gasteiger partial charge is 0.138 e. The van der Waals surface area contributed by atoms with Crippen LogP contribution in [0.4, 0.5) is 0 Å². The molecule has 0 unspecified atom stereocenters. The average Bonchev–Trinajstić information content (AvgIpc) is 3.29. The third-order valence-electron chi connectivity index (χ3n) is 10.1. The highest BCUT2D eigenvalue weighted by Crippen LogP contribution is 2.27. The van der Waals surface area contributed by atoms with Gasteiger partial charge in [0.1, 0.15) is 16.1 Å². The zero-order valence-electron chi connectivity index (χ0n) is 26.3. The molecule has 5 rings (SSSR count). The Morgan fingerprint density at radius 3 is 1.14 bits per heavy atom. The second-order valence-corrected chi connectivity index (χ2v) is 21.7. The van der Waals surface area contributed by atoms with Gasteiger partial charge in [-0.2, -0.15) is 0 Å². The highest BCUT2D eigenvalue weighted by molar-refractivity contribution is 6.87. The van der Waals surface area contributed by atoms with Crippen LogP contribution in [0, 0.1) is 22.9 Å². The number of fused-ring (bicyclic) bond motifs is 4. The van der Waals surface area contributed by atoms with Crippen LogP contribution in [-0.2, 0) is 0 Å². The smallest absolute Gasteiger partial charge is 0.126 e. The highest BCUT2D eigenvalue weighted by Gasteiger charge is 2.26. The lowest BCUT2D eigenvalue weighted by Crippen LogP contribution is -2.29. The first-order valence-electron chi connectivity index (χ1n) is 16.0. The van der Waals surface area contributed by atoms with Crippen LogP contribution in [0.5, 0.6) is 0 Å². The van der Waals surface area contributed by atoms with Gasteiger partial charge in [-0.05, 0) is 92.2 Å². The quantitative estimate of drug-likeness (QED) is 0.201. The first-order chi connectivity index (χ1) is 20.5. The van der Waals surface area contributed by atoms with Crippen LogP contribution in [0.1, 0.15) is 74.9 Å². The van der Waals surface area contributed by atoms with E-state index >= 15 is 0 Å². The van der Waals surface area contributed by atoms with Crippen LogP contribution in [0.2, 0.25) is 36.3 Å². The molecule has 0 bridgehead atoms. The van der Waals surface area contributed by atoms with Crippen LogP contribution >= 0.6 is 0 Å². The maximum Gasteiger partial charge on any atom is 0.138 e. The van der Waals surface area contributed by atoms with E-state index in [0.717, 1.165) is 11.1 Å². The van der Waals surface area contributed by atoms with E-state index in [1.807, 2.05) is 0 Å². The van der Waals surface area contributed by atoms with Crippen molar-refractivity contribution in [3.8, 4) is 22.9 Å². The van der Waals surface area contributed by atoms with Gasteiger partial charge in [0.25, 0.3) is 0 Å². The Bertz CT molecular complexity index is 1650. The standard InChI is InChI=1S/C40H44Si2/c1-7-41(8-2,9-3)27-25-37-35-19-15-13-17-31(35)21-23-33-30-40-34(29-39(33)37)24-22-32-18-14-16-20-36(32)38(40)26-28-42(10-4,11-5)12-6/h13-24,29-30H,7-12H2,1-6H3. The maximum atomic E-state index is 3.92. The Kier molecular flexibility index (Phi) is 9.08. The molecular formula is C40H44Si2.